The van der Waals surface area contributed by atoms with Crippen molar-refractivity contribution >= 4 is 28.3 Å². The number of fused-ring (bicyclic) bond motifs is 4. The number of phenolic OH excluding ortho intramolecular Hbond substituents is 1. The average molecular weight is 779 g/mol. The van der Waals surface area contributed by atoms with Crippen LogP contribution in [0.4, 0.5) is 4.79 Å². The summed E-state index contributed by atoms with van der Waals surface area (Å²) in [6.07, 6.45) is 8.64. The number of thiophene rings is 1. The van der Waals surface area contributed by atoms with Crippen molar-refractivity contribution in [2.75, 3.05) is 39.3 Å². The minimum atomic E-state index is -0.749. The number of amides is 1. The second-order valence-electron chi connectivity index (χ2n) is 15.2. The number of ether oxygens (including phenoxy) is 2. The van der Waals surface area contributed by atoms with Gasteiger partial charge >= 0.3 is 6.09 Å². The summed E-state index contributed by atoms with van der Waals surface area (Å²) in [6, 6.07) is 26.4. The number of aliphatic hydroxyl groups excluding tert-OH is 1. The smallest absolute Gasteiger partial charge is 0.408 e. The Morgan fingerprint density at radius 3 is 2.43 bits per heavy atom. The molecule has 3 fully saturated rings. The summed E-state index contributed by atoms with van der Waals surface area (Å²) in [5, 5.41) is 30.2. The molecule has 2 bridgehead atoms. The number of H-pyrrole nitrogens is 1. The Morgan fingerprint density at radius 1 is 0.893 bits per heavy atom. The van der Waals surface area contributed by atoms with E-state index in [-0.39, 0.29) is 29.5 Å². The van der Waals surface area contributed by atoms with Gasteiger partial charge in [-0.1, -0.05) is 74.6 Å². The van der Waals surface area contributed by atoms with Crippen molar-refractivity contribution in [2.24, 2.45) is 5.92 Å². The van der Waals surface area contributed by atoms with Crippen LogP contribution in [0.2, 0.25) is 0 Å². The zero-order chi connectivity index (χ0) is 38.7. The third-order valence-electron chi connectivity index (χ3n) is 11.2. The average Bonchev–Trinajstić information content (AvgIpc) is 3.77. The maximum Gasteiger partial charge on any atom is 0.408 e. The topological polar surface area (TPSA) is 136 Å². The van der Waals surface area contributed by atoms with Crippen LogP contribution in [0.3, 0.4) is 0 Å². The highest BCUT2D eigenvalue weighted by Gasteiger charge is 2.37. The van der Waals surface area contributed by atoms with Gasteiger partial charge in [-0.05, 0) is 115 Å². The van der Waals surface area contributed by atoms with Gasteiger partial charge in [0.05, 0.1) is 24.3 Å². The molecule has 3 aliphatic heterocycles. The van der Waals surface area contributed by atoms with Gasteiger partial charge in [-0.2, -0.15) is 0 Å². The van der Waals surface area contributed by atoms with Crippen molar-refractivity contribution in [3.63, 3.8) is 0 Å². The lowest BCUT2D eigenvalue weighted by Gasteiger charge is -2.43. The number of nitrogens with one attached hydrogen (secondary N) is 3. The second kappa shape index (κ2) is 19.5. The molecular formula is C45H54N4O6S. The molecule has 0 aliphatic carbocycles. The van der Waals surface area contributed by atoms with Crippen LogP contribution in [0.1, 0.15) is 86.6 Å². The zero-order valence-electron chi connectivity index (χ0n) is 32.0. The minimum Gasteiger partial charge on any atom is -0.506 e. The summed E-state index contributed by atoms with van der Waals surface area (Å²) in [7, 11) is 0. The van der Waals surface area contributed by atoms with E-state index in [0.29, 0.717) is 35.5 Å². The molecule has 11 heteroatoms. The number of piperidine rings is 3. The van der Waals surface area contributed by atoms with Gasteiger partial charge in [0.25, 0.3) is 0 Å². The van der Waals surface area contributed by atoms with Crippen LogP contribution in [0.25, 0.3) is 21.3 Å². The van der Waals surface area contributed by atoms with Crippen molar-refractivity contribution in [3.05, 3.63) is 117 Å². The number of benzene rings is 3. The van der Waals surface area contributed by atoms with Crippen molar-refractivity contribution in [1.29, 1.82) is 0 Å². The highest BCUT2D eigenvalue weighted by atomic mass is 32.1. The quantitative estimate of drug-likeness (QED) is 0.0529. The number of unbranched alkanes of at least 4 members (excludes halogenated alkanes) is 6. The fraction of sp³-hybridized carbons (Fsp3) is 0.422. The van der Waals surface area contributed by atoms with Crippen LogP contribution in [-0.2, 0) is 4.74 Å². The van der Waals surface area contributed by atoms with Crippen LogP contribution in [0.5, 0.6) is 11.5 Å². The SMILES string of the molecule is O=C(NC(c1ccccc1)c1cc(OCCCCCCCCCNCC(O)c2ccc(O)c3[nH]c(=O)ccc23)cc(-c2cccs2)c1)OC1CN2CCC1CC2. The standard InChI is InChI=1S/C45H54N4O6S/c50-38-17-15-36(37-16-18-42(52)47-44(37)38)39(51)29-46-21-9-4-2-1-3-5-10-24-54-35-27-33(41-14-11-25-56-41)26-34(28-35)43(32-12-7-6-8-13-32)48-45(53)55-40-30-49-22-19-31(40)20-23-49/h6-8,11-18,25-28,31,39-40,43,46,50-51H,1-5,9-10,19-24,29-30H2,(H,47,52)(H,48,53). The van der Waals surface area contributed by atoms with Gasteiger partial charge in [-0.15, -0.1) is 11.3 Å². The van der Waals surface area contributed by atoms with Crippen molar-refractivity contribution in [3.8, 4) is 21.9 Å². The number of carbonyl (C=O) groups is 1. The Labute approximate surface area is 332 Å². The maximum atomic E-state index is 13.4. The van der Waals surface area contributed by atoms with Crippen LogP contribution < -0.4 is 20.9 Å². The summed E-state index contributed by atoms with van der Waals surface area (Å²) in [4.78, 5) is 31.3. The summed E-state index contributed by atoms with van der Waals surface area (Å²) < 4.78 is 12.5. The van der Waals surface area contributed by atoms with E-state index >= 15 is 0 Å². The van der Waals surface area contributed by atoms with E-state index in [2.05, 4.69) is 56.2 Å². The van der Waals surface area contributed by atoms with Gasteiger partial charge < -0.3 is 35.3 Å². The lowest BCUT2D eigenvalue weighted by atomic mass is 9.86. The number of carbonyl (C=O) groups excluding carboxylic acids is 1. The minimum absolute atomic E-state index is 0.0104. The second-order valence-corrected chi connectivity index (χ2v) is 16.1. The molecule has 3 unspecified atom stereocenters. The van der Waals surface area contributed by atoms with Crippen LogP contribution in [0.15, 0.2) is 95.1 Å². The summed E-state index contributed by atoms with van der Waals surface area (Å²) in [6.45, 7) is 4.84. The summed E-state index contributed by atoms with van der Waals surface area (Å²) in [5.74, 6) is 1.23. The molecule has 5 aromatic rings. The molecule has 8 rings (SSSR count). The monoisotopic (exact) mass is 778 g/mol. The predicted molar refractivity (Wildman–Crippen MR) is 222 cm³/mol. The number of aromatic amines is 1. The molecule has 0 radical (unpaired) electrons. The molecule has 296 valence electrons. The first kappa shape index (κ1) is 39.6. The van der Waals surface area contributed by atoms with Crippen molar-refractivity contribution in [2.45, 2.75) is 76.0 Å². The van der Waals surface area contributed by atoms with Gasteiger partial charge in [-0.3, -0.25) is 9.69 Å². The molecule has 1 amide bonds. The molecule has 10 nitrogen and oxygen atoms in total. The van der Waals surface area contributed by atoms with Gasteiger partial charge in [-0.25, -0.2) is 4.79 Å². The van der Waals surface area contributed by atoms with E-state index in [0.717, 1.165) is 105 Å². The number of aromatic hydroxyl groups is 1. The fourth-order valence-corrected chi connectivity index (χ4v) is 8.83. The lowest BCUT2D eigenvalue weighted by molar-refractivity contribution is -0.0336. The highest BCUT2D eigenvalue weighted by molar-refractivity contribution is 7.13. The number of pyridine rings is 1. The van der Waals surface area contributed by atoms with Gasteiger partial charge in [0.1, 0.15) is 17.6 Å². The highest BCUT2D eigenvalue weighted by Crippen LogP contribution is 2.35. The third kappa shape index (κ3) is 10.4. The lowest BCUT2D eigenvalue weighted by Crippen LogP contribution is -2.52. The fourth-order valence-electron chi connectivity index (χ4n) is 8.12. The largest absolute Gasteiger partial charge is 0.506 e. The number of rotatable bonds is 19. The maximum absolute atomic E-state index is 13.4. The molecule has 2 aromatic heterocycles. The van der Waals surface area contributed by atoms with Crippen LogP contribution >= 0.6 is 11.3 Å². The Bertz CT molecular complexity index is 2060. The van der Waals surface area contributed by atoms with E-state index < -0.39 is 6.10 Å². The number of aliphatic hydroxyl groups is 1. The first-order valence-electron chi connectivity index (χ1n) is 20.2. The molecular weight excluding hydrogens is 725 g/mol. The number of hydrogen-bond donors (Lipinski definition) is 5. The Hall–Kier alpha value is -4.68. The number of aromatic nitrogens is 1. The van der Waals surface area contributed by atoms with E-state index in [1.807, 2.05) is 30.3 Å². The van der Waals surface area contributed by atoms with Gasteiger partial charge in [0.2, 0.25) is 5.56 Å². The molecule has 3 aromatic carbocycles. The molecule has 0 spiro atoms. The molecule has 0 saturated carbocycles. The Morgan fingerprint density at radius 2 is 1.68 bits per heavy atom. The molecule has 56 heavy (non-hydrogen) atoms. The van der Waals surface area contributed by atoms with Crippen molar-refractivity contribution < 1.29 is 24.5 Å². The van der Waals surface area contributed by atoms with Gasteiger partial charge in [0.15, 0.2) is 0 Å². The summed E-state index contributed by atoms with van der Waals surface area (Å²) in [5.41, 5.74) is 3.74. The van der Waals surface area contributed by atoms with Crippen LogP contribution in [0, 0.1) is 5.92 Å². The number of alkyl carbamates (subject to hydrolysis) is 1. The normalized spacial score (nSPS) is 18.8. The Kier molecular flexibility index (Phi) is 13.7. The number of nitrogens with zero attached hydrogens (tertiary/aromatic N) is 1. The third-order valence-corrected chi connectivity index (χ3v) is 12.1. The molecule has 3 atom stereocenters. The number of hydrogen-bond acceptors (Lipinski definition) is 9. The predicted octanol–water partition coefficient (Wildman–Crippen LogP) is 8.30. The van der Waals surface area contributed by atoms with E-state index in [1.165, 1.54) is 18.6 Å². The molecule has 3 saturated heterocycles. The zero-order valence-corrected chi connectivity index (χ0v) is 32.8. The van der Waals surface area contributed by atoms with Crippen molar-refractivity contribution in [1.82, 2.24) is 20.5 Å². The van der Waals surface area contributed by atoms with E-state index in [1.54, 1.807) is 23.5 Å². The summed E-state index contributed by atoms with van der Waals surface area (Å²) >= 11 is 1.69. The van der Waals surface area contributed by atoms with E-state index in [9.17, 15) is 19.8 Å². The number of phenols is 1. The molecule has 5 N–H and O–H groups in total. The van der Waals surface area contributed by atoms with Gasteiger partial charge in [0, 0.05) is 29.4 Å². The van der Waals surface area contributed by atoms with E-state index in [4.69, 9.17) is 9.47 Å². The van der Waals surface area contributed by atoms with Crippen LogP contribution in [-0.4, -0.2) is 71.6 Å². The Balaban J connectivity index is 0.855. The first-order valence-corrected chi connectivity index (χ1v) is 21.1. The first-order chi connectivity index (χ1) is 27.4. The molecule has 5 heterocycles. The molecule has 3 aliphatic rings.